The molecule has 76 valence electrons. The predicted molar refractivity (Wildman–Crippen MR) is 38.9 cm³/mol. The van der Waals surface area contributed by atoms with Crippen LogP contribution in [0.3, 0.4) is 0 Å². The predicted octanol–water partition coefficient (Wildman–Crippen LogP) is 1.15. The molecule has 0 bridgehead atoms. The van der Waals surface area contributed by atoms with E-state index >= 15 is 0 Å². The van der Waals surface area contributed by atoms with E-state index in [9.17, 15) is 22.8 Å². The summed E-state index contributed by atoms with van der Waals surface area (Å²) in [4.78, 5) is 22.6. The Morgan fingerprint density at radius 3 is 2.50 bits per heavy atom. The molecule has 0 atom stereocenters. The lowest BCUT2D eigenvalue weighted by atomic mass is 10.2. The number of carboxylic acid groups (broad SMARTS) is 1. The van der Waals surface area contributed by atoms with Crippen LogP contribution < -0.4 is 5.56 Å². The molecule has 0 radical (unpaired) electrons. The molecule has 0 saturated carbocycles. The second-order valence-electron chi connectivity index (χ2n) is 2.38. The quantitative estimate of drug-likeness (QED) is 0.764. The second kappa shape index (κ2) is 3.52. The molecule has 1 heterocycles. The van der Waals surface area contributed by atoms with Gasteiger partial charge in [0.1, 0.15) is 11.5 Å². The first-order chi connectivity index (χ1) is 6.43. The van der Waals surface area contributed by atoms with Gasteiger partial charge in [-0.15, -0.1) is 0 Å². The first kappa shape index (κ1) is 10.3. The zero-order valence-electron chi connectivity index (χ0n) is 6.55. The molecule has 4 nitrogen and oxygen atoms in total. The van der Waals surface area contributed by atoms with Crippen LogP contribution in [-0.2, 0) is 0 Å². The summed E-state index contributed by atoms with van der Waals surface area (Å²) in [6, 6.07) is 0.272. The number of H-pyrrole nitrogens is 1. The lowest BCUT2D eigenvalue weighted by molar-refractivity contribution is 0.0674. The molecule has 0 spiro atoms. The molecule has 14 heavy (non-hydrogen) atoms. The molecule has 0 aliphatic heterocycles. The minimum atomic E-state index is -3.29. The number of hydrogen-bond acceptors (Lipinski definition) is 2. The number of aromatic nitrogens is 1. The SMILES string of the molecule is O=C(O)c1[nH]c(=O)cc(F)c1C(F)F. The number of nitrogens with one attached hydrogen (secondary N) is 1. The summed E-state index contributed by atoms with van der Waals surface area (Å²) >= 11 is 0. The van der Waals surface area contributed by atoms with Crippen molar-refractivity contribution in [1.29, 1.82) is 0 Å². The molecule has 0 aliphatic rings. The van der Waals surface area contributed by atoms with Crippen molar-refractivity contribution in [3.05, 3.63) is 33.5 Å². The maximum absolute atomic E-state index is 12.8. The van der Waals surface area contributed by atoms with Crippen molar-refractivity contribution in [1.82, 2.24) is 4.98 Å². The van der Waals surface area contributed by atoms with Crippen molar-refractivity contribution < 1.29 is 23.1 Å². The Bertz CT molecular complexity index is 427. The van der Waals surface area contributed by atoms with E-state index in [4.69, 9.17) is 5.11 Å². The Balaban J connectivity index is 3.52. The fourth-order valence-corrected chi connectivity index (χ4v) is 0.921. The van der Waals surface area contributed by atoms with E-state index < -0.39 is 35.0 Å². The summed E-state index contributed by atoms with van der Waals surface area (Å²) < 4.78 is 37.1. The molecule has 7 heteroatoms. The lowest BCUT2D eigenvalue weighted by Crippen LogP contribution is -2.17. The fraction of sp³-hybridized carbons (Fsp3) is 0.143. The van der Waals surface area contributed by atoms with Crippen molar-refractivity contribution in [2.24, 2.45) is 0 Å². The molecule has 0 aromatic carbocycles. The number of aromatic amines is 1. The van der Waals surface area contributed by atoms with E-state index in [1.807, 2.05) is 0 Å². The van der Waals surface area contributed by atoms with Crippen LogP contribution in [0.15, 0.2) is 10.9 Å². The average Bonchev–Trinajstić information content (AvgIpc) is 2.01. The Hall–Kier alpha value is -1.79. The Kier molecular flexibility index (Phi) is 2.59. The highest BCUT2D eigenvalue weighted by atomic mass is 19.3. The minimum Gasteiger partial charge on any atom is -0.477 e. The van der Waals surface area contributed by atoms with Crippen molar-refractivity contribution in [3.63, 3.8) is 0 Å². The lowest BCUT2D eigenvalue weighted by Gasteiger charge is -2.04. The van der Waals surface area contributed by atoms with Crippen LogP contribution in [0.5, 0.6) is 0 Å². The number of hydrogen-bond donors (Lipinski definition) is 2. The van der Waals surface area contributed by atoms with Gasteiger partial charge in [0.2, 0.25) is 0 Å². The summed E-state index contributed by atoms with van der Waals surface area (Å²) in [6.07, 6.45) is -3.29. The average molecular weight is 207 g/mol. The summed E-state index contributed by atoms with van der Waals surface area (Å²) in [7, 11) is 0. The number of halogens is 3. The van der Waals surface area contributed by atoms with Gasteiger partial charge in [0, 0.05) is 6.07 Å². The van der Waals surface area contributed by atoms with Crippen LogP contribution in [0.2, 0.25) is 0 Å². The van der Waals surface area contributed by atoms with Gasteiger partial charge in [0.25, 0.3) is 12.0 Å². The number of alkyl halides is 2. The number of carboxylic acids is 1. The third-order valence-corrected chi connectivity index (χ3v) is 1.46. The molecule has 0 saturated heterocycles. The number of rotatable bonds is 2. The van der Waals surface area contributed by atoms with Crippen LogP contribution in [0.4, 0.5) is 13.2 Å². The van der Waals surface area contributed by atoms with E-state index in [0.717, 1.165) is 0 Å². The Morgan fingerprint density at radius 1 is 1.50 bits per heavy atom. The van der Waals surface area contributed by atoms with E-state index in [2.05, 4.69) is 0 Å². The highest BCUT2D eigenvalue weighted by Crippen LogP contribution is 2.23. The van der Waals surface area contributed by atoms with E-state index in [-0.39, 0.29) is 6.07 Å². The highest BCUT2D eigenvalue weighted by molar-refractivity contribution is 5.87. The molecule has 0 aliphatic carbocycles. The molecule has 0 fully saturated rings. The van der Waals surface area contributed by atoms with Gasteiger partial charge in [0.05, 0.1) is 5.56 Å². The Morgan fingerprint density at radius 2 is 2.07 bits per heavy atom. The maximum atomic E-state index is 12.8. The molecular weight excluding hydrogens is 203 g/mol. The normalized spacial score (nSPS) is 10.6. The molecule has 0 amide bonds. The fourth-order valence-electron chi connectivity index (χ4n) is 0.921. The topological polar surface area (TPSA) is 70.2 Å². The van der Waals surface area contributed by atoms with Gasteiger partial charge >= 0.3 is 5.97 Å². The minimum absolute atomic E-state index is 0.272. The molecule has 0 unspecified atom stereocenters. The summed E-state index contributed by atoms with van der Waals surface area (Å²) in [5.41, 5.74) is -3.51. The van der Waals surface area contributed by atoms with Crippen LogP contribution in [0, 0.1) is 5.82 Å². The third-order valence-electron chi connectivity index (χ3n) is 1.46. The van der Waals surface area contributed by atoms with Gasteiger partial charge in [-0.25, -0.2) is 18.0 Å². The van der Waals surface area contributed by atoms with Crippen LogP contribution >= 0.6 is 0 Å². The first-order valence-electron chi connectivity index (χ1n) is 3.37. The largest absolute Gasteiger partial charge is 0.477 e. The van der Waals surface area contributed by atoms with Crippen molar-refractivity contribution in [3.8, 4) is 0 Å². The third kappa shape index (κ3) is 1.76. The summed E-state index contributed by atoms with van der Waals surface area (Å²) in [5, 5.41) is 8.39. The van der Waals surface area contributed by atoms with Gasteiger partial charge in [-0.05, 0) is 0 Å². The summed E-state index contributed by atoms with van der Waals surface area (Å²) in [6.45, 7) is 0. The zero-order valence-corrected chi connectivity index (χ0v) is 6.55. The van der Waals surface area contributed by atoms with Crippen LogP contribution in [-0.4, -0.2) is 16.1 Å². The molecule has 1 aromatic heterocycles. The van der Waals surface area contributed by atoms with Crippen molar-refractivity contribution in [2.45, 2.75) is 6.43 Å². The monoisotopic (exact) mass is 207 g/mol. The standard InChI is InChI=1S/C7H4F3NO3/c8-2-1-3(12)11-5(7(13)14)4(2)6(9)10/h1,6H,(H,11,12)(H,13,14). The van der Waals surface area contributed by atoms with E-state index in [0.29, 0.717) is 0 Å². The molecule has 1 aromatic rings. The van der Waals surface area contributed by atoms with Crippen LogP contribution in [0.25, 0.3) is 0 Å². The van der Waals surface area contributed by atoms with Crippen LogP contribution in [0.1, 0.15) is 22.5 Å². The maximum Gasteiger partial charge on any atom is 0.353 e. The van der Waals surface area contributed by atoms with Gasteiger partial charge in [0.15, 0.2) is 0 Å². The smallest absolute Gasteiger partial charge is 0.353 e. The number of aromatic carboxylic acids is 1. The Labute approximate surface area is 75.0 Å². The summed E-state index contributed by atoms with van der Waals surface area (Å²) in [5.74, 6) is -3.34. The van der Waals surface area contributed by atoms with E-state index in [1.54, 1.807) is 4.98 Å². The highest BCUT2D eigenvalue weighted by Gasteiger charge is 2.23. The van der Waals surface area contributed by atoms with Gasteiger partial charge in [-0.1, -0.05) is 0 Å². The van der Waals surface area contributed by atoms with Gasteiger partial charge in [-0.3, -0.25) is 4.79 Å². The van der Waals surface area contributed by atoms with Gasteiger partial charge < -0.3 is 10.1 Å². The second-order valence-corrected chi connectivity index (χ2v) is 2.38. The zero-order chi connectivity index (χ0) is 10.9. The molecule has 2 N–H and O–H groups in total. The number of pyridine rings is 1. The van der Waals surface area contributed by atoms with Gasteiger partial charge in [-0.2, -0.15) is 0 Å². The van der Waals surface area contributed by atoms with E-state index in [1.165, 1.54) is 0 Å². The van der Waals surface area contributed by atoms with Crippen molar-refractivity contribution in [2.75, 3.05) is 0 Å². The molecular formula is C7H4F3NO3. The molecule has 1 rings (SSSR count). The number of carbonyl (C=O) groups is 1. The van der Waals surface area contributed by atoms with Crippen molar-refractivity contribution >= 4 is 5.97 Å². The first-order valence-corrected chi connectivity index (χ1v) is 3.37.